The molecular weight excluding hydrogens is 394 g/mol. The predicted molar refractivity (Wildman–Crippen MR) is 136 cm³/mol. The molecule has 0 atom stereocenters. The van der Waals surface area contributed by atoms with Crippen molar-refractivity contribution < 1.29 is 4.79 Å². The number of allylic oxidation sites excluding steroid dienone is 2. The van der Waals surface area contributed by atoms with Crippen molar-refractivity contribution in [2.75, 3.05) is 0 Å². The molecule has 0 saturated carbocycles. The second kappa shape index (κ2) is 17.6. The summed E-state index contributed by atoms with van der Waals surface area (Å²) in [7, 11) is 0. The van der Waals surface area contributed by atoms with E-state index in [1.54, 1.807) is 6.08 Å². The molecule has 0 unspecified atom stereocenters. The number of rotatable bonds is 19. The zero-order valence-corrected chi connectivity index (χ0v) is 20.4. The van der Waals surface area contributed by atoms with E-state index in [4.69, 9.17) is 0 Å². The van der Waals surface area contributed by atoms with Crippen LogP contribution in [-0.4, -0.2) is 20.9 Å². The summed E-state index contributed by atoms with van der Waals surface area (Å²) in [6.07, 6.45) is 28.1. The average molecular weight is 440 g/mol. The third kappa shape index (κ3) is 11.1. The van der Waals surface area contributed by atoms with Crippen LogP contribution in [0.5, 0.6) is 0 Å². The summed E-state index contributed by atoms with van der Waals surface area (Å²) in [4.78, 5) is 12.3. The highest BCUT2D eigenvalue weighted by Crippen LogP contribution is 2.14. The van der Waals surface area contributed by atoms with Gasteiger partial charge in [-0.05, 0) is 25.0 Å². The number of carbonyl (C=O) groups is 1. The maximum atomic E-state index is 12.3. The van der Waals surface area contributed by atoms with E-state index in [0.717, 1.165) is 23.9 Å². The molecule has 4 nitrogen and oxygen atoms in total. The lowest BCUT2D eigenvalue weighted by Gasteiger charge is -2.03. The molecular formula is C28H45N3O. The second-order valence-corrected chi connectivity index (χ2v) is 9.18. The first-order valence-corrected chi connectivity index (χ1v) is 13.3. The summed E-state index contributed by atoms with van der Waals surface area (Å²) in [5.74, 6) is -0.120. The number of hydrogen-bond acceptors (Lipinski definition) is 3. The molecule has 1 aromatic carbocycles. The van der Waals surface area contributed by atoms with Gasteiger partial charge in [0.15, 0.2) is 0 Å². The van der Waals surface area contributed by atoms with Crippen LogP contribution in [0.1, 0.15) is 127 Å². The highest BCUT2D eigenvalue weighted by Gasteiger charge is 2.07. The molecule has 178 valence electrons. The monoisotopic (exact) mass is 439 g/mol. The van der Waals surface area contributed by atoms with Crippen LogP contribution in [0, 0.1) is 0 Å². The fourth-order valence-electron chi connectivity index (χ4n) is 4.27. The topological polar surface area (TPSA) is 47.8 Å². The molecule has 0 saturated heterocycles. The first-order chi connectivity index (χ1) is 15.8. The SMILES string of the molecule is CCCCCCCCCCCCCCCCCCC/C=C/C(=O)n1nnc2ccccc21. The van der Waals surface area contributed by atoms with Crippen LogP contribution in [0.15, 0.2) is 36.4 Å². The zero-order chi connectivity index (χ0) is 22.7. The van der Waals surface area contributed by atoms with Crippen molar-refractivity contribution in [1.29, 1.82) is 0 Å². The molecule has 0 N–H and O–H groups in total. The Balaban J connectivity index is 1.35. The van der Waals surface area contributed by atoms with Gasteiger partial charge in [-0.25, -0.2) is 0 Å². The van der Waals surface area contributed by atoms with Crippen LogP contribution >= 0.6 is 0 Å². The van der Waals surface area contributed by atoms with Crippen LogP contribution in [0.4, 0.5) is 0 Å². The van der Waals surface area contributed by atoms with Gasteiger partial charge < -0.3 is 0 Å². The van der Waals surface area contributed by atoms with Gasteiger partial charge in [-0.1, -0.05) is 133 Å². The summed E-state index contributed by atoms with van der Waals surface area (Å²) in [5.41, 5.74) is 1.52. The number of para-hydroxylation sites is 1. The summed E-state index contributed by atoms with van der Waals surface area (Å²) in [6.45, 7) is 2.29. The van der Waals surface area contributed by atoms with Crippen LogP contribution < -0.4 is 0 Å². The first-order valence-electron chi connectivity index (χ1n) is 13.3. The van der Waals surface area contributed by atoms with Gasteiger partial charge in [0.25, 0.3) is 5.91 Å². The summed E-state index contributed by atoms with van der Waals surface area (Å²) in [5, 5.41) is 7.99. The number of unbranched alkanes of at least 4 members (excludes halogenated alkanes) is 17. The Morgan fingerprint density at radius 3 is 1.81 bits per heavy atom. The number of carbonyl (C=O) groups excluding carboxylic acids is 1. The minimum absolute atomic E-state index is 0.120. The lowest BCUT2D eigenvalue weighted by Crippen LogP contribution is -2.08. The second-order valence-electron chi connectivity index (χ2n) is 9.18. The van der Waals surface area contributed by atoms with Crippen LogP contribution in [0.25, 0.3) is 11.0 Å². The van der Waals surface area contributed by atoms with E-state index in [9.17, 15) is 4.79 Å². The molecule has 0 aliphatic heterocycles. The first kappa shape index (κ1) is 26.3. The number of nitrogens with zero attached hydrogens (tertiary/aromatic N) is 3. The van der Waals surface area contributed by atoms with E-state index < -0.39 is 0 Å². The van der Waals surface area contributed by atoms with Crippen molar-refractivity contribution in [2.24, 2.45) is 0 Å². The van der Waals surface area contributed by atoms with Gasteiger partial charge in [0, 0.05) is 6.08 Å². The van der Waals surface area contributed by atoms with Crippen molar-refractivity contribution in [3.8, 4) is 0 Å². The Morgan fingerprint density at radius 1 is 0.750 bits per heavy atom. The Kier molecular flexibility index (Phi) is 14.4. The molecule has 0 radical (unpaired) electrons. The molecule has 32 heavy (non-hydrogen) atoms. The number of benzene rings is 1. The fourth-order valence-corrected chi connectivity index (χ4v) is 4.27. The highest BCUT2D eigenvalue weighted by atomic mass is 16.2. The normalized spacial score (nSPS) is 11.7. The predicted octanol–water partition coefficient (Wildman–Crippen LogP) is 8.67. The minimum Gasteiger partial charge on any atom is -0.267 e. The molecule has 2 rings (SSSR count). The molecule has 0 amide bonds. The molecule has 2 aromatic rings. The van der Waals surface area contributed by atoms with Crippen molar-refractivity contribution in [2.45, 2.75) is 122 Å². The summed E-state index contributed by atoms with van der Waals surface area (Å²) >= 11 is 0. The van der Waals surface area contributed by atoms with E-state index in [0.29, 0.717) is 0 Å². The van der Waals surface area contributed by atoms with Gasteiger partial charge in [-0.2, -0.15) is 4.68 Å². The molecule has 1 heterocycles. The molecule has 0 spiro atoms. The van der Waals surface area contributed by atoms with Crippen LogP contribution in [0.2, 0.25) is 0 Å². The number of fused-ring (bicyclic) bond motifs is 1. The quantitative estimate of drug-likeness (QED) is 0.162. The maximum Gasteiger partial charge on any atom is 0.272 e. The Hall–Kier alpha value is -1.97. The highest BCUT2D eigenvalue weighted by molar-refractivity contribution is 5.95. The third-order valence-corrected chi connectivity index (χ3v) is 6.30. The van der Waals surface area contributed by atoms with Gasteiger partial charge in [0.05, 0.1) is 5.52 Å². The average Bonchev–Trinajstić information content (AvgIpc) is 3.25. The lowest BCUT2D eigenvalue weighted by molar-refractivity contribution is 0.0957. The third-order valence-electron chi connectivity index (χ3n) is 6.30. The van der Waals surface area contributed by atoms with Crippen molar-refractivity contribution in [3.05, 3.63) is 36.4 Å². The van der Waals surface area contributed by atoms with Crippen LogP contribution in [-0.2, 0) is 0 Å². The molecule has 1 aromatic heterocycles. The van der Waals surface area contributed by atoms with Gasteiger partial charge >= 0.3 is 0 Å². The van der Waals surface area contributed by atoms with Crippen molar-refractivity contribution in [1.82, 2.24) is 15.0 Å². The van der Waals surface area contributed by atoms with E-state index in [-0.39, 0.29) is 5.91 Å². The Morgan fingerprint density at radius 2 is 1.25 bits per heavy atom. The molecule has 0 bridgehead atoms. The molecule has 0 aliphatic carbocycles. The van der Waals surface area contributed by atoms with Crippen LogP contribution in [0.3, 0.4) is 0 Å². The van der Waals surface area contributed by atoms with E-state index in [1.807, 2.05) is 30.3 Å². The van der Waals surface area contributed by atoms with E-state index in [2.05, 4.69) is 17.2 Å². The Bertz CT molecular complexity index is 765. The number of aromatic nitrogens is 3. The van der Waals surface area contributed by atoms with Crippen molar-refractivity contribution >= 4 is 16.9 Å². The standard InChI is InChI=1S/C28H45N3O/c1-2-3-4-5-6-7-8-9-10-11-12-13-14-15-16-17-18-19-20-25-28(32)31-27-24-22-21-23-26(27)29-30-31/h20-25H,2-19H2,1H3/b25-20+. The molecule has 4 heteroatoms. The van der Waals surface area contributed by atoms with E-state index >= 15 is 0 Å². The minimum atomic E-state index is -0.120. The number of hydrogen-bond donors (Lipinski definition) is 0. The van der Waals surface area contributed by atoms with Gasteiger partial charge in [-0.15, -0.1) is 5.10 Å². The molecule has 0 fully saturated rings. The van der Waals surface area contributed by atoms with Gasteiger partial charge in [0.2, 0.25) is 0 Å². The summed E-state index contributed by atoms with van der Waals surface area (Å²) < 4.78 is 1.38. The van der Waals surface area contributed by atoms with Crippen molar-refractivity contribution in [3.63, 3.8) is 0 Å². The van der Waals surface area contributed by atoms with Gasteiger partial charge in [0.1, 0.15) is 5.52 Å². The largest absolute Gasteiger partial charge is 0.272 e. The lowest BCUT2D eigenvalue weighted by atomic mass is 10.0. The Labute approximate surface area is 195 Å². The van der Waals surface area contributed by atoms with Gasteiger partial charge in [-0.3, -0.25) is 4.79 Å². The summed E-state index contributed by atoms with van der Waals surface area (Å²) in [6, 6.07) is 7.54. The fraction of sp³-hybridized carbons (Fsp3) is 0.679. The van der Waals surface area contributed by atoms with E-state index in [1.165, 1.54) is 107 Å². The zero-order valence-electron chi connectivity index (χ0n) is 20.4. The smallest absolute Gasteiger partial charge is 0.267 e. The molecule has 0 aliphatic rings. The maximum absolute atomic E-state index is 12.3.